The number of carbonyl (C=O) groups excluding carboxylic acids is 1. The minimum Gasteiger partial charge on any atom is -0.469 e. The number of alkyl halides is 3. The highest BCUT2D eigenvalue weighted by atomic mass is 19.4. The van der Waals surface area contributed by atoms with Gasteiger partial charge in [-0.05, 0) is 12.1 Å². The summed E-state index contributed by atoms with van der Waals surface area (Å²) in [5.41, 5.74) is -0.0456. The van der Waals surface area contributed by atoms with Crippen LogP contribution in [0.5, 0.6) is 5.88 Å². The number of rotatable bonds is 4. The molecule has 2 aliphatic rings. The maximum absolute atomic E-state index is 12.8. The van der Waals surface area contributed by atoms with Crippen molar-refractivity contribution < 1.29 is 37.7 Å². The monoisotopic (exact) mass is 425 g/mol. The van der Waals surface area contributed by atoms with Crippen LogP contribution in [0.2, 0.25) is 0 Å². The molecule has 0 aromatic carbocycles. The van der Waals surface area contributed by atoms with Crippen LogP contribution in [0.1, 0.15) is 21.7 Å². The van der Waals surface area contributed by atoms with E-state index in [4.69, 9.17) is 9.47 Å². The number of pyridine rings is 2. The molecular weight excluding hydrogens is 407 g/mol. The van der Waals surface area contributed by atoms with E-state index in [1.165, 1.54) is 17.2 Å². The van der Waals surface area contributed by atoms with Crippen molar-refractivity contribution in [3.63, 3.8) is 0 Å². The van der Waals surface area contributed by atoms with Gasteiger partial charge in [-0.1, -0.05) is 12.1 Å². The van der Waals surface area contributed by atoms with Gasteiger partial charge in [0.1, 0.15) is 29.7 Å². The number of fused-ring (bicyclic) bond motifs is 1. The van der Waals surface area contributed by atoms with Gasteiger partial charge in [-0.25, -0.2) is 4.98 Å². The molecule has 0 spiro atoms. The van der Waals surface area contributed by atoms with Crippen molar-refractivity contribution in [3.05, 3.63) is 53.5 Å². The van der Waals surface area contributed by atoms with E-state index in [0.717, 1.165) is 17.7 Å². The summed E-state index contributed by atoms with van der Waals surface area (Å²) in [4.78, 5) is 21.3. The third-order valence-corrected chi connectivity index (χ3v) is 5.02. The first-order valence-electron chi connectivity index (χ1n) is 9.16. The van der Waals surface area contributed by atoms with Gasteiger partial charge in [-0.3, -0.25) is 9.78 Å². The lowest BCUT2D eigenvalue weighted by Crippen LogP contribution is -2.57. The predicted octanol–water partition coefficient (Wildman–Crippen LogP) is 1.02. The molecule has 4 rings (SSSR count). The number of hydrogen-bond donors (Lipinski definition) is 2. The molecule has 8 nitrogen and oxygen atoms in total. The SMILES string of the molecule is O=C1c2ncccc2CN1C[C@H]1OC[C@H](Oc2cccc(C(F)(F)F)n2)[C@@H](O)[C@H]1O. The molecule has 11 heteroatoms. The summed E-state index contributed by atoms with van der Waals surface area (Å²) in [6, 6.07) is 6.64. The van der Waals surface area contributed by atoms with Crippen molar-refractivity contribution in [2.24, 2.45) is 0 Å². The normalized spacial score (nSPS) is 26.6. The van der Waals surface area contributed by atoms with Crippen molar-refractivity contribution in [1.82, 2.24) is 14.9 Å². The minimum absolute atomic E-state index is 0.0158. The summed E-state index contributed by atoms with van der Waals surface area (Å²) in [7, 11) is 0. The largest absolute Gasteiger partial charge is 0.469 e. The van der Waals surface area contributed by atoms with Gasteiger partial charge in [0.15, 0.2) is 6.10 Å². The van der Waals surface area contributed by atoms with Crippen LogP contribution >= 0.6 is 0 Å². The van der Waals surface area contributed by atoms with Crippen LogP contribution in [0, 0.1) is 0 Å². The summed E-state index contributed by atoms with van der Waals surface area (Å²) in [5, 5.41) is 20.8. The van der Waals surface area contributed by atoms with Crippen LogP contribution < -0.4 is 4.74 Å². The predicted molar refractivity (Wildman–Crippen MR) is 94.4 cm³/mol. The molecule has 0 radical (unpaired) electrons. The summed E-state index contributed by atoms with van der Waals surface area (Å²) < 4.78 is 49.3. The molecule has 1 amide bonds. The van der Waals surface area contributed by atoms with Crippen LogP contribution in [0.15, 0.2) is 36.5 Å². The molecule has 0 bridgehead atoms. The summed E-state index contributed by atoms with van der Waals surface area (Å²) >= 11 is 0. The molecule has 4 atom stereocenters. The summed E-state index contributed by atoms with van der Waals surface area (Å²) in [6.45, 7) is 0.120. The number of aromatic nitrogens is 2. The van der Waals surface area contributed by atoms with Crippen molar-refractivity contribution in [3.8, 4) is 5.88 Å². The standard InChI is InChI=1S/C19H18F3N3O5/c20-19(21,22)13-4-1-5-14(24-13)30-12-9-29-11(16(26)17(12)27)8-25-7-10-3-2-6-23-15(10)18(25)28/h1-6,11-12,16-17,26-27H,7-9H2/t11-,12+,16+,17-/m1/s1. The minimum atomic E-state index is -4.64. The molecule has 1 saturated heterocycles. The van der Waals surface area contributed by atoms with Gasteiger partial charge in [0.05, 0.1) is 13.2 Å². The Kier molecular flexibility index (Phi) is 5.35. The zero-order chi connectivity index (χ0) is 21.5. The van der Waals surface area contributed by atoms with Crippen LogP contribution in [0.25, 0.3) is 0 Å². The van der Waals surface area contributed by atoms with E-state index < -0.39 is 36.3 Å². The Hall–Kier alpha value is -2.76. The number of carbonyl (C=O) groups is 1. The number of aliphatic hydroxyl groups is 2. The number of nitrogens with zero attached hydrogens (tertiary/aromatic N) is 3. The second-order valence-corrected chi connectivity index (χ2v) is 7.06. The van der Waals surface area contributed by atoms with E-state index >= 15 is 0 Å². The van der Waals surface area contributed by atoms with Gasteiger partial charge in [-0.2, -0.15) is 13.2 Å². The van der Waals surface area contributed by atoms with E-state index in [-0.39, 0.29) is 24.9 Å². The van der Waals surface area contributed by atoms with Crippen LogP contribution in [-0.4, -0.2) is 68.6 Å². The highest BCUT2D eigenvalue weighted by molar-refractivity contribution is 5.96. The molecule has 160 valence electrons. The van der Waals surface area contributed by atoms with Gasteiger partial charge in [0.2, 0.25) is 5.88 Å². The lowest BCUT2D eigenvalue weighted by atomic mass is 9.99. The molecule has 2 aromatic rings. The Balaban J connectivity index is 1.39. The zero-order valence-electron chi connectivity index (χ0n) is 15.5. The van der Waals surface area contributed by atoms with Crippen molar-refractivity contribution >= 4 is 5.91 Å². The lowest BCUT2D eigenvalue weighted by molar-refractivity contribution is -0.183. The molecule has 0 saturated carbocycles. The smallest absolute Gasteiger partial charge is 0.433 e. The molecule has 1 fully saturated rings. The molecule has 2 aromatic heterocycles. The second-order valence-electron chi connectivity index (χ2n) is 7.06. The molecule has 0 unspecified atom stereocenters. The van der Waals surface area contributed by atoms with E-state index in [9.17, 15) is 28.2 Å². The number of hydrogen-bond acceptors (Lipinski definition) is 7. The van der Waals surface area contributed by atoms with Crippen molar-refractivity contribution in [2.75, 3.05) is 13.2 Å². The fourth-order valence-electron chi connectivity index (χ4n) is 3.46. The Morgan fingerprint density at radius 1 is 1.20 bits per heavy atom. The first-order chi connectivity index (χ1) is 14.2. The van der Waals surface area contributed by atoms with Gasteiger partial charge < -0.3 is 24.6 Å². The first-order valence-corrected chi connectivity index (χ1v) is 9.16. The van der Waals surface area contributed by atoms with E-state index in [1.807, 2.05) is 0 Å². The second kappa shape index (κ2) is 7.82. The zero-order valence-corrected chi connectivity index (χ0v) is 15.5. The first kappa shape index (κ1) is 20.5. The molecule has 4 heterocycles. The van der Waals surface area contributed by atoms with E-state index in [2.05, 4.69) is 9.97 Å². The fourth-order valence-corrected chi connectivity index (χ4v) is 3.46. The van der Waals surface area contributed by atoms with Crippen LogP contribution in [0.3, 0.4) is 0 Å². The Morgan fingerprint density at radius 3 is 2.73 bits per heavy atom. The highest BCUT2D eigenvalue weighted by Gasteiger charge is 2.42. The third-order valence-electron chi connectivity index (χ3n) is 5.02. The highest BCUT2D eigenvalue weighted by Crippen LogP contribution is 2.30. The number of amides is 1. The number of halogens is 3. The summed E-state index contributed by atoms with van der Waals surface area (Å²) in [6.07, 6.45) is -8.01. The topological polar surface area (TPSA) is 105 Å². The van der Waals surface area contributed by atoms with Crippen molar-refractivity contribution in [1.29, 1.82) is 0 Å². The van der Waals surface area contributed by atoms with E-state index in [0.29, 0.717) is 12.2 Å². The molecule has 30 heavy (non-hydrogen) atoms. The Morgan fingerprint density at radius 2 is 2.00 bits per heavy atom. The van der Waals surface area contributed by atoms with E-state index in [1.54, 1.807) is 12.1 Å². The Bertz CT molecular complexity index is 942. The van der Waals surface area contributed by atoms with Gasteiger partial charge in [0, 0.05) is 24.4 Å². The van der Waals surface area contributed by atoms with Gasteiger partial charge >= 0.3 is 6.18 Å². The third kappa shape index (κ3) is 3.95. The Labute approximate surface area is 168 Å². The maximum Gasteiger partial charge on any atom is 0.433 e. The average molecular weight is 425 g/mol. The molecule has 2 aliphatic heterocycles. The van der Waals surface area contributed by atoms with Crippen LogP contribution in [0.4, 0.5) is 13.2 Å². The van der Waals surface area contributed by atoms with Gasteiger partial charge in [-0.15, -0.1) is 0 Å². The lowest BCUT2D eigenvalue weighted by Gasteiger charge is -2.38. The average Bonchev–Trinajstić information content (AvgIpc) is 3.03. The molecule has 0 aliphatic carbocycles. The maximum atomic E-state index is 12.8. The number of aliphatic hydroxyl groups excluding tert-OH is 2. The van der Waals surface area contributed by atoms with Crippen LogP contribution in [-0.2, 0) is 17.5 Å². The quantitative estimate of drug-likeness (QED) is 0.754. The molecule has 2 N–H and O–H groups in total. The van der Waals surface area contributed by atoms with Crippen molar-refractivity contribution in [2.45, 2.75) is 37.1 Å². The summed E-state index contributed by atoms with van der Waals surface area (Å²) in [5.74, 6) is -0.651. The van der Waals surface area contributed by atoms with Gasteiger partial charge in [0.25, 0.3) is 5.91 Å². The fraction of sp³-hybridized carbons (Fsp3) is 0.421. The molecular formula is C19H18F3N3O5. The number of ether oxygens (including phenoxy) is 2.